The van der Waals surface area contributed by atoms with E-state index in [0.717, 1.165) is 13.1 Å². The summed E-state index contributed by atoms with van der Waals surface area (Å²) in [5.41, 5.74) is 7.44. The first kappa shape index (κ1) is 36.5. The van der Waals surface area contributed by atoms with Gasteiger partial charge in [0.2, 0.25) is 5.69 Å². The molecule has 2 aliphatic heterocycles. The maximum absolute atomic E-state index is 5.92. The van der Waals surface area contributed by atoms with Crippen LogP contribution in [0.3, 0.4) is 0 Å². The van der Waals surface area contributed by atoms with Crippen LogP contribution in [0.15, 0.2) is 121 Å². The zero-order valence-corrected chi connectivity index (χ0v) is 31.2. The Morgan fingerprint density at radius 3 is 1.92 bits per heavy atom. The number of rotatable bonds is 16. The lowest BCUT2D eigenvalue weighted by Crippen LogP contribution is -2.29. The summed E-state index contributed by atoms with van der Waals surface area (Å²) in [6.07, 6.45) is 15.2. The molecule has 0 radical (unpaired) electrons. The molecule has 266 valence electrons. The van der Waals surface area contributed by atoms with Gasteiger partial charge in [-0.1, -0.05) is 98.8 Å². The van der Waals surface area contributed by atoms with Crippen molar-refractivity contribution in [2.45, 2.75) is 38.5 Å². The van der Waals surface area contributed by atoms with E-state index in [-0.39, 0.29) is 10.8 Å². The fourth-order valence-electron chi connectivity index (χ4n) is 7.84. The minimum Gasteiger partial charge on any atom is -0.382 e. The molecule has 51 heavy (non-hydrogen) atoms. The van der Waals surface area contributed by atoms with Crippen molar-refractivity contribution in [3.05, 3.63) is 132 Å². The van der Waals surface area contributed by atoms with Gasteiger partial charge in [0.25, 0.3) is 0 Å². The first-order valence-corrected chi connectivity index (χ1v) is 18.1. The van der Waals surface area contributed by atoms with E-state index in [2.05, 4.69) is 152 Å². The predicted molar refractivity (Wildman–Crippen MR) is 212 cm³/mol. The summed E-state index contributed by atoms with van der Waals surface area (Å²) in [4.78, 5) is 2.43. The summed E-state index contributed by atoms with van der Waals surface area (Å²) >= 11 is 0. The minimum atomic E-state index is -0.169. The highest BCUT2D eigenvalue weighted by atomic mass is 16.5. The number of hydrogen-bond donors (Lipinski definition) is 0. The fraction of sp³-hybridized carbons (Fsp3) is 0.356. The molecule has 0 fully saturated rings. The molecule has 0 aromatic heterocycles. The average Bonchev–Trinajstić information content (AvgIpc) is 3.49. The van der Waals surface area contributed by atoms with E-state index in [1.54, 1.807) is 14.2 Å². The molecule has 4 aromatic rings. The largest absolute Gasteiger partial charge is 0.382 e. The third kappa shape index (κ3) is 7.51. The predicted octanol–water partition coefficient (Wildman–Crippen LogP) is 9.05. The van der Waals surface area contributed by atoms with Gasteiger partial charge in [-0.2, -0.15) is 4.58 Å². The molecule has 0 aliphatic carbocycles. The van der Waals surface area contributed by atoms with Crippen molar-refractivity contribution in [1.29, 1.82) is 0 Å². The molecule has 0 saturated carbocycles. The quantitative estimate of drug-likeness (QED) is 0.0669. The van der Waals surface area contributed by atoms with E-state index >= 15 is 0 Å². The summed E-state index contributed by atoms with van der Waals surface area (Å²) in [6, 6.07) is 26.4. The van der Waals surface area contributed by atoms with Gasteiger partial charge in [-0.05, 0) is 59.2 Å². The van der Waals surface area contributed by atoms with Gasteiger partial charge < -0.3 is 23.8 Å². The average molecular weight is 686 g/mol. The summed E-state index contributed by atoms with van der Waals surface area (Å²) in [5, 5.41) is 5.15. The molecular weight excluding hydrogens is 633 g/mol. The van der Waals surface area contributed by atoms with Gasteiger partial charge in [0.1, 0.15) is 6.61 Å². The van der Waals surface area contributed by atoms with Crippen LogP contribution in [0.25, 0.3) is 21.5 Å². The van der Waals surface area contributed by atoms with E-state index in [4.69, 9.17) is 18.9 Å². The van der Waals surface area contributed by atoms with Crippen LogP contribution >= 0.6 is 0 Å². The maximum atomic E-state index is 5.92. The molecule has 0 saturated heterocycles. The lowest BCUT2D eigenvalue weighted by atomic mass is 9.79. The number of methoxy groups -OCH3 is 2. The molecular formula is C45H53N2O4+. The second-order valence-corrected chi connectivity index (χ2v) is 14.2. The topological polar surface area (TPSA) is 43.2 Å². The van der Waals surface area contributed by atoms with E-state index < -0.39 is 0 Å². The van der Waals surface area contributed by atoms with E-state index in [0.29, 0.717) is 39.6 Å². The Bertz CT molecular complexity index is 2000. The Morgan fingerprint density at radius 2 is 1.22 bits per heavy atom. The lowest BCUT2D eigenvalue weighted by Gasteiger charge is -2.27. The molecule has 0 N–H and O–H groups in total. The third-order valence-electron chi connectivity index (χ3n) is 10.2. The lowest BCUT2D eigenvalue weighted by molar-refractivity contribution is -0.442. The number of nitrogens with zero attached hydrogens (tertiary/aromatic N) is 2. The Kier molecular flexibility index (Phi) is 11.7. The van der Waals surface area contributed by atoms with Gasteiger partial charge in [0.05, 0.1) is 38.4 Å². The molecule has 6 rings (SSSR count). The van der Waals surface area contributed by atoms with Crippen LogP contribution in [0.1, 0.15) is 38.8 Å². The van der Waals surface area contributed by atoms with E-state index in [9.17, 15) is 0 Å². The Labute approximate surface area is 304 Å². The monoisotopic (exact) mass is 685 g/mol. The van der Waals surface area contributed by atoms with Crippen LogP contribution in [0.4, 0.5) is 11.4 Å². The van der Waals surface area contributed by atoms with Gasteiger partial charge in [-0.3, -0.25) is 0 Å². The highest BCUT2D eigenvalue weighted by molar-refractivity contribution is 6.07. The zero-order valence-electron chi connectivity index (χ0n) is 31.2. The molecule has 6 nitrogen and oxygen atoms in total. The number of ether oxygens (including phenoxy) is 4. The summed E-state index contributed by atoms with van der Waals surface area (Å²) < 4.78 is 24.6. The fourth-order valence-corrected chi connectivity index (χ4v) is 7.84. The summed E-state index contributed by atoms with van der Waals surface area (Å²) in [6.45, 7) is 14.5. The zero-order chi connectivity index (χ0) is 35.8. The van der Waals surface area contributed by atoms with E-state index in [1.165, 1.54) is 55.5 Å². The van der Waals surface area contributed by atoms with Crippen LogP contribution in [0.5, 0.6) is 0 Å². The molecule has 2 heterocycles. The van der Waals surface area contributed by atoms with Crippen molar-refractivity contribution >= 4 is 38.6 Å². The molecule has 6 heteroatoms. The Hall–Kier alpha value is -4.33. The van der Waals surface area contributed by atoms with Crippen molar-refractivity contribution in [2.75, 3.05) is 71.9 Å². The van der Waals surface area contributed by atoms with Crippen LogP contribution in [0.2, 0.25) is 0 Å². The summed E-state index contributed by atoms with van der Waals surface area (Å²) in [5.74, 6) is 0. The van der Waals surface area contributed by atoms with Gasteiger partial charge in [0, 0.05) is 55.3 Å². The van der Waals surface area contributed by atoms with Crippen molar-refractivity contribution in [3.63, 3.8) is 0 Å². The Balaban J connectivity index is 1.23. The third-order valence-corrected chi connectivity index (χ3v) is 10.2. The van der Waals surface area contributed by atoms with Crippen LogP contribution in [0, 0.1) is 0 Å². The van der Waals surface area contributed by atoms with Crippen LogP contribution in [-0.2, 0) is 29.8 Å². The van der Waals surface area contributed by atoms with Crippen LogP contribution in [-0.4, -0.2) is 77.2 Å². The number of fused-ring (bicyclic) bond motifs is 6. The van der Waals surface area contributed by atoms with Crippen molar-refractivity contribution in [2.24, 2.45) is 0 Å². The number of benzene rings is 4. The number of anilines is 1. The first-order valence-electron chi connectivity index (χ1n) is 18.1. The van der Waals surface area contributed by atoms with Gasteiger partial charge in [0.15, 0.2) is 12.3 Å². The molecule has 2 aliphatic rings. The molecule has 0 atom stereocenters. The van der Waals surface area contributed by atoms with Crippen LogP contribution < -0.4 is 4.90 Å². The number of allylic oxidation sites excluding steroid dienone is 8. The molecule has 0 bridgehead atoms. The SMILES string of the molecule is COCCOCCN1/C(=C/C=C/C=C/C=C/C2=[N+](CCOCCOC)c3ccc4ccccc4c3C2(C)C)C(C)(C)c2c1ccc1ccccc21. The highest BCUT2D eigenvalue weighted by Crippen LogP contribution is 2.50. The smallest absolute Gasteiger partial charge is 0.210 e. The van der Waals surface area contributed by atoms with Gasteiger partial charge >= 0.3 is 0 Å². The van der Waals surface area contributed by atoms with Crippen molar-refractivity contribution in [3.8, 4) is 0 Å². The minimum absolute atomic E-state index is 0.169. The Morgan fingerprint density at radius 1 is 0.608 bits per heavy atom. The highest BCUT2D eigenvalue weighted by Gasteiger charge is 2.45. The molecule has 0 spiro atoms. The summed E-state index contributed by atoms with van der Waals surface area (Å²) in [7, 11) is 3.41. The normalized spacial score (nSPS) is 17.4. The van der Waals surface area contributed by atoms with Crippen molar-refractivity contribution in [1.82, 2.24) is 0 Å². The number of hydrogen-bond acceptors (Lipinski definition) is 5. The maximum Gasteiger partial charge on any atom is 0.210 e. The van der Waals surface area contributed by atoms with Crippen molar-refractivity contribution < 1.29 is 23.5 Å². The molecule has 4 aromatic carbocycles. The standard InChI is InChI=1S/C45H53N2O4/c1-44(2)40(46(26-28-50-32-30-48-5)38-24-22-34-16-12-14-18-36(34)42(38)44)20-10-8-7-9-11-21-41-45(3,4)43-37-19-15-13-17-35(37)23-25-39(43)47(41)27-29-51-33-31-49-6/h7-25H,26-33H2,1-6H3/q+1. The van der Waals surface area contributed by atoms with Gasteiger partial charge in [-0.15, -0.1) is 0 Å². The van der Waals surface area contributed by atoms with E-state index in [1.807, 2.05) is 0 Å². The first-order chi connectivity index (χ1) is 24.8. The van der Waals surface area contributed by atoms with Gasteiger partial charge in [-0.25, -0.2) is 0 Å². The second kappa shape index (κ2) is 16.3. The molecule has 0 unspecified atom stereocenters. The molecule has 0 amide bonds. The second-order valence-electron chi connectivity index (χ2n) is 14.2.